The van der Waals surface area contributed by atoms with Crippen molar-refractivity contribution in [3.05, 3.63) is 63.5 Å². The quantitative estimate of drug-likeness (QED) is 0.745. The molecule has 5 nitrogen and oxygen atoms in total. The van der Waals surface area contributed by atoms with E-state index in [-0.39, 0.29) is 12.3 Å². The van der Waals surface area contributed by atoms with E-state index in [1.54, 1.807) is 30.3 Å². The second-order valence-electron chi connectivity index (χ2n) is 4.65. The van der Waals surface area contributed by atoms with Crippen molar-refractivity contribution in [2.75, 3.05) is 0 Å². The van der Waals surface area contributed by atoms with Crippen LogP contribution < -0.4 is 5.73 Å². The number of thiophene rings is 1. The molecule has 0 saturated heterocycles. The Morgan fingerprint density at radius 2 is 2.05 bits per heavy atom. The summed E-state index contributed by atoms with van der Waals surface area (Å²) in [7, 11) is 0. The maximum absolute atomic E-state index is 12.8. The Balaban J connectivity index is 2.12. The van der Waals surface area contributed by atoms with Crippen LogP contribution in [0.5, 0.6) is 0 Å². The van der Waals surface area contributed by atoms with Gasteiger partial charge in [-0.05, 0) is 30.5 Å². The summed E-state index contributed by atoms with van der Waals surface area (Å²) in [4.78, 5) is 12.8. The van der Waals surface area contributed by atoms with Crippen molar-refractivity contribution in [3.8, 4) is 5.00 Å². The molecule has 3 rings (SSSR count). The first kappa shape index (κ1) is 14.9. The summed E-state index contributed by atoms with van der Waals surface area (Å²) in [6.07, 6.45) is 0. The third kappa shape index (κ3) is 2.45. The molecule has 0 radical (unpaired) electrons. The minimum absolute atomic E-state index is 0.127. The maximum atomic E-state index is 12.8. The second kappa shape index (κ2) is 6.00. The SMILES string of the molecule is Cc1nnc(CN)n1-c1sccc1C(=O)c1ccccc1Cl. The van der Waals surface area contributed by atoms with Crippen LogP contribution in [-0.2, 0) is 6.54 Å². The molecular weight excluding hydrogens is 320 g/mol. The predicted octanol–water partition coefficient (Wildman–Crippen LogP) is 2.98. The Bertz CT molecular complexity index is 840. The van der Waals surface area contributed by atoms with E-state index in [0.717, 1.165) is 5.00 Å². The van der Waals surface area contributed by atoms with Gasteiger partial charge in [0.15, 0.2) is 11.6 Å². The first-order valence-corrected chi connectivity index (χ1v) is 7.87. The van der Waals surface area contributed by atoms with Crippen molar-refractivity contribution >= 4 is 28.7 Å². The van der Waals surface area contributed by atoms with Gasteiger partial charge in [0.25, 0.3) is 0 Å². The summed E-state index contributed by atoms with van der Waals surface area (Å²) in [5.74, 6) is 1.18. The zero-order chi connectivity index (χ0) is 15.7. The fourth-order valence-electron chi connectivity index (χ4n) is 2.24. The molecule has 0 atom stereocenters. The molecule has 7 heteroatoms. The number of benzene rings is 1. The van der Waals surface area contributed by atoms with E-state index in [1.165, 1.54) is 11.3 Å². The lowest BCUT2D eigenvalue weighted by atomic mass is 10.1. The summed E-state index contributed by atoms with van der Waals surface area (Å²) in [6.45, 7) is 2.08. The number of rotatable bonds is 4. The summed E-state index contributed by atoms with van der Waals surface area (Å²) in [5, 5.41) is 11.1. The lowest BCUT2D eigenvalue weighted by molar-refractivity contribution is 0.103. The highest BCUT2D eigenvalue weighted by Crippen LogP contribution is 2.28. The molecule has 0 spiro atoms. The molecule has 0 aliphatic heterocycles. The minimum atomic E-state index is -0.127. The fourth-order valence-corrected chi connectivity index (χ4v) is 3.43. The lowest BCUT2D eigenvalue weighted by Crippen LogP contribution is -2.11. The number of hydrogen-bond acceptors (Lipinski definition) is 5. The van der Waals surface area contributed by atoms with Gasteiger partial charge in [0.05, 0.1) is 17.1 Å². The summed E-state index contributed by atoms with van der Waals surface area (Å²) in [5.41, 5.74) is 6.75. The molecule has 3 aromatic rings. The van der Waals surface area contributed by atoms with Crippen molar-refractivity contribution in [3.63, 3.8) is 0 Å². The maximum Gasteiger partial charge on any atom is 0.197 e. The normalized spacial score (nSPS) is 10.9. The van der Waals surface area contributed by atoms with Crippen LogP contribution in [0, 0.1) is 6.92 Å². The highest BCUT2D eigenvalue weighted by atomic mass is 35.5. The number of aromatic nitrogens is 3. The van der Waals surface area contributed by atoms with Gasteiger partial charge in [0.2, 0.25) is 0 Å². The van der Waals surface area contributed by atoms with E-state index >= 15 is 0 Å². The van der Waals surface area contributed by atoms with Gasteiger partial charge >= 0.3 is 0 Å². The topological polar surface area (TPSA) is 73.8 Å². The zero-order valence-electron chi connectivity index (χ0n) is 11.8. The van der Waals surface area contributed by atoms with Gasteiger partial charge in [-0.25, -0.2) is 0 Å². The van der Waals surface area contributed by atoms with Crippen molar-refractivity contribution in [1.29, 1.82) is 0 Å². The van der Waals surface area contributed by atoms with E-state index in [9.17, 15) is 4.79 Å². The molecule has 0 unspecified atom stereocenters. The van der Waals surface area contributed by atoms with Crippen LogP contribution in [0.3, 0.4) is 0 Å². The number of nitrogens with zero attached hydrogens (tertiary/aromatic N) is 3. The van der Waals surface area contributed by atoms with E-state index in [2.05, 4.69) is 10.2 Å². The number of carbonyl (C=O) groups is 1. The number of carbonyl (C=O) groups excluding carboxylic acids is 1. The molecular formula is C15H13ClN4OS. The highest BCUT2D eigenvalue weighted by Gasteiger charge is 2.21. The van der Waals surface area contributed by atoms with Gasteiger partial charge in [-0.15, -0.1) is 21.5 Å². The van der Waals surface area contributed by atoms with Crippen LogP contribution in [0.25, 0.3) is 5.00 Å². The molecule has 1 aromatic carbocycles. The van der Waals surface area contributed by atoms with Crippen LogP contribution >= 0.6 is 22.9 Å². The monoisotopic (exact) mass is 332 g/mol. The molecule has 0 aliphatic rings. The van der Waals surface area contributed by atoms with Gasteiger partial charge in [-0.1, -0.05) is 23.7 Å². The number of nitrogens with two attached hydrogens (primary N) is 1. The molecule has 0 fully saturated rings. The smallest absolute Gasteiger partial charge is 0.197 e. The molecule has 2 aromatic heterocycles. The average molecular weight is 333 g/mol. The van der Waals surface area contributed by atoms with E-state index in [1.807, 2.05) is 16.9 Å². The van der Waals surface area contributed by atoms with E-state index in [4.69, 9.17) is 17.3 Å². The Morgan fingerprint density at radius 3 is 2.77 bits per heavy atom. The van der Waals surface area contributed by atoms with Crippen LogP contribution in [0.15, 0.2) is 35.7 Å². The Kier molecular flexibility index (Phi) is 4.06. The summed E-state index contributed by atoms with van der Waals surface area (Å²) >= 11 is 7.58. The van der Waals surface area contributed by atoms with Crippen LogP contribution in [0.4, 0.5) is 0 Å². The van der Waals surface area contributed by atoms with Crippen molar-refractivity contribution in [2.24, 2.45) is 5.73 Å². The Hall–Kier alpha value is -2.02. The molecule has 0 aliphatic carbocycles. The van der Waals surface area contributed by atoms with Crippen LogP contribution in [0.2, 0.25) is 5.02 Å². The first-order valence-electron chi connectivity index (χ1n) is 6.61. The third-order valence-corrected chi connectivity index (χ3v) is 4.51. The Labute approximate surface area is 136 Å². The molecule has 0 amide bonds. The third-order valence-electron chi connectivity index (χ3n) is 3.29. The average Bonchev–Trinajstić information content (AvgIpc) is 3.12. The van der Waals surface area contributed by atoms with E-state index in [0.29, 0.717) is 27.8 Å². The number of halogens is 1. The molecule has 0 bridgehead atoms. The van der Waals surface area contributed by atoms with Crippen molar-refractivity contribution in [2.45, 2.75) is 13.5 Å². The van der Waals surface area contributed by atoms with Gasteiger partial charge in [-0.3, -0.25) is 9.36 Å². The van der Waals surface area contributed by atoms with Gasteiger partial charge in [0.1, 0.15) is 10.8 Å². The molecule has 22 heavy (non-hydrogen) atoms. The number of aryl methyl sites for hydroxylation is 1. The standard InChI is InChI=1S/C15H13ClN4OS/c1-9-18-19-13(8-17)20(9)15-11(6-7-22-15)14(21)10-4-2-3-5-12(10)16/h2-7H,8,17H2,1H3. The summed E-state index contributed by atoms with van der Waals surface area (Å²) < 4.78 is 1.81. The molecule has 2 N–H and O–H groups in total. The molecule has 2 heterocycles. The van der Waals surface area contributed by atoms with Gasteiger partial charge < -0.3 is 5.73 Å². The largest absolute Gasteiger partial charge is 0.324 e. The van der Waals surface area contributed by atoms with Crippen LogP contribution in [-0.4, -0.2) is 20.5 Å². The van der Waals surface area contributed by atoms with Crippen molar-refractivity contribution in [1.82, 2.24) is 14.8 Å². The lowest BCUT2D eigenvalue weighted by Gasteiger charge is -2.09. The Morgan fingerprint density at radius 1 is 1.27 bits per heavy atom. The fraction of sp³-hybridized carbons (Fsp3) is 0.133. The molecule has 0 saturated carbocycles. The number of ketones is 1. The van der Waals surface area contributed by atoms with E-state index < -0.39 is 0 Å². The van der Waals surface area contributed by atoms with Crippen molar-refractivity contribution < 1.29 is 4.79 Å². The summed E-state index contributed by atoms with van der Waals surface area (Å²) in [6, 6.07) is 8.79. The van der Waals surface area contributed by atoms with Gasteiger partial charge in [0, 0.05) is 5.56 Å². The van der Waals surface area contributed by atoms with Crippen LogP contribution in [0.1, 0.15) is 27.6 Å². The minimum Gasteiger partial charge on any atom is -0.324 e. The predicted molar refractivity (Wildman–Crippen MR) is 86.7 cm³/mol. The second-order valence-corrected chi connectivity index (χ2v) is 5.95. The molecule has 112 valence electrons. The zero-order valence-corrected chi connectivity index (χ0v) is 13.4. The highest BCUT2D eigenvalue weighted by molar-refractivity contribution is 7.13. The number of hydrogen-bond donors (Lipinski definition) is 1. The first-order chi connectivity index (χ1) is 10.6. The van der Waals surface area contributed by atoms with Gasteiger partial charge in [-0.2, -0.15) is 0 Å².